The highest BCUT2D eigenvalue weighted by Crippen LogP contribution is 2.23. The molecule has 0 saturated carbocycles. The molecule has 9 nitrogen and oxygen atoms in total. The lowest BCUT2D eigenvalue weighted by molar-refractivity contribution is 0.0697. The zero-order valence-electron chi connectivity index (χ0n) is 19.6. The summed E-state index contributed by atoms with van der Waals surface area (Å²) in [4.78, 5) is 51.1. The molecule has 1 aromatic heterocycles. The molecular formula is C27H25N3O6. The summed E-state index contributed by atoms with van der Waals surface area (Å²) in [6.07, 6.45) is 0. The fourth-order valence-corrected chi connectivity index (χ4v) is 4.04. The summed E-state index contributed by atoms with van der Waals surface area (Å²) in [6.45, 7) is 1.62. The van der Waals surface area contributed by atoms with Gasteiger partial charge < -0.3 is 9.84 Å². The van der Waals surface area contributed by atoms with Gasteiger partial charge in [-0.1, -0.05) is 60.7 Å². The lowest BCUT2D eigenvalue weighted by Gasteiger charge is -2.22. The van der Waals surface area contributed by atoms with E-state index in [0.29, 0.717) is 5.75 Å². The van der Waals surface area contributed by atoms with Crippen LogP contribution < -0.4 is 21.8 Å². The van der Waals surface area contributed by atoms with Crippen molar-refractivity contribution >= 4 is 5.97 Å². The summed E-state index contributed by atoms with van der Waals surface area (Å²) in [5.74, 6) is -0.662. The van der Waals surface area contributed by atoms with Crippen molar-refractivity contribution in [1.29, 1.82) is 0 Å². The van der Waals surface area contributed by atoms with Gasteiger partial charge in [-0.15, -0.1) is 0 Å². The number of hydrogen-bond donors (Lipinski definition) is 1. The first-order valence-electron chi connectivity index (χ1n) is 11.4. The van der Waals surface area contributed by atoms with E-state index < -0.39 is 29.1 Å². The summed E-state index contributed by atoms with van der Waals surface area (Å²) in [5, 5.41) is 9.02. The Kier molecular flexibility index (Phi) is 7.29. The van der Waals surface area contributed by atoms with E-state index in [1.54, 1.807) is 6.92 Å². The van der Waals surface area contributed by atoms with Crippen molar-refractivity contribution in [1.82, 2.24) is 13.7 Å². The van der Waals surface area contributed by atoms with E-state index in [1.807, 2.05) is 60.7 Å². The van der Waals surface area contributed by atoms with Crippen LogP contribution in [0.15, 0.2) is 99.3 Å². The first-order chi connectivity index (χ1) is 17.4. The molecule has 1 heterocycles. The van der Waals surface area contributed by atoms with Gasteiger partial charge in [-0.05, 0) is 42.3 Å². The summed E-state index contributed by atoms with van der Waals surface area (Å²) in [6, 6.07) is 23.4. The molecule has 3 aromatic carbocycles. The van der Waals surface area contributed by atoms with Crippen LogP contribution in [0.1, 0.15) is 34.5 Å². The number of ether oxygens (including phenoxy) is 1. The monoisotopic (exact) mass is 487 g/mol. The van der Waals surface area contributed by atoms with Crippen LogP contribution in [0.4, 0.5) is 0 Å². The third-order valence-corrected chi connectivity index (χ3v) is 5.83. The average Bonchev–Trinajstić information content (AvgIpc) is 2.90. The maximum Gasteiger partial charge on any atom is 0.337 e. The zero-order valence-corrected chi connectivity index (χ0v) is 19.6. The summed E-state index contributed by atoms with van der Waals surface area (Å²) in [5.41, 5.74) is -0.572. The fourth-order valence-electron chi connectivity index (χ4n) is 4.04. The molecule has 36 heavy (non-hydrogen) atoms. The molecule has 0 saturated heterocycles. The van der Waals surface area contributed by atoms with Gasteiger partial charge >= 0.3 is 23.0 Å². The Balaban J connectivity index is 1.76. The molecule has 184 valence electrons. The number of aromatic carboxylic acids is 1. The van der Waals surface area contributed by atoms with Gasteiger partial charge in [-0.25, -0.2) is 32.9 Å². The predicted molar refractivity (Wildman–Crippen MR) is 134 cm³/mol. The minimum absolute atomic E-state index is 0.0369. The number of rotatable bonds is 9. The van der Waals surface area contributed by atoms with E-state index in [9.17, 15) is 19.2 Å². The Hall–Kier alpha value is -4.66. The van der Waals surface area contributed by atoms with Gasteiger partial charge in [-0.2, -0.15) is 0 Å². The Bertz CT molecular complexity index is 1480. The predicted octanol–water partition coefficient (Wildman–Crippen LogP) is 2.61. The van der Waals surface area contributed by atoms with Crippen molar-refractivity contribution in [2.75, 3.05) is 6.61 Å². The number of benzene rings is 3. The van der Waals surface area contributed by atoms with E-state index in [-0.39, 0.29) is 25.3 Å². The molecule has 9 heteroatoms. The van der Waals surface area contributed by atoms with Crippen LogP contribution in [-0.2, 0) is 13.1 Å². The molecule has 0 fully saturated rings. The molecule has 0 unspecified atom stereocenters. The highest BCUT2D eigenvalue weighted by Gasteiger charge is 2.24. The van der Waals surface area contributed by atoms with Crippen LogP contribution in [0, 0.1) is 0 Å². The van der Waals surface area contributed by atoms with Crippen LogP contribution in [0.5, 0.6) is 5.75 Å². The van der Waals surface area contributed by atoms with Gasteiger partial charge in [0.15, 0.2) is 0 Å². The molecule has 0 aliphatic carbocycles. The van der Waals surface area contributed by atoms with Crippen molar-refractivity contribution in [3.63, 3.8) is 0 Å². The SMILES string of the molecule is CCn1c(=O)n(CCOc2ccc(C(=O)O)cc2)c(=O)n(C(c2ccccc2)c2ccccc2)c1=O. The average molecular weight is 488 g/mol. The second-order valence-corrected chi connectivity index (χ2v) is 8.02. The van der Waals surface area contributed by atoms with Crippen molar-refractivity contribution in [2.45, 2.75) is 26.1 Å². The normalized spacial score (nSPS) is 10.9. The highest BCUT2D eigenvalue weighted by molar-refractivity contribution is 5.87. The quantitative estimate of drug-likeness (QED) is 0.388. The van der Waals surface area contributed by atoms with Crippen LogP contribution in [0.25, 0.3) is 0 Å². The lowest BCUT2D eigenvalue weighted by atomic mass is 9.98. The van der Waals surface area contributed by atoms with Crippen molar-refractivity contribution < 1.29 is 14.6 Å². The van der Waals surface area contributed by atoms with Crippen molar-refractivity contribution in [3.05, 3.63) is 133 Å². The number of carboxylic acid groups (broad SMARTS) is 1. The Morgan fingerprint density at radius 1 is 0.778 bits per heavy atom. The van der Waals surface area contributed by atoms with Gasteiger partial charge in [-0.3, -0.25) is 0 Å². The summed E-state index contributed by atoms with van der Waals surface area (Å²) >= 11 is 0. The van der Waals surface area contributed by atoms with Crippen LogP contribution in [0.2, 0.25) is 0 Å². The molecule has 0 bridgehead atoms. The summed E-state index contributed by atoms with van der Waals surface area (Å²) in [7, 11) is 0. The Labute approximate surface area is 206 Å². The van der Waals surface area contributed by atoms with E-state index in [2.05, 4.69) is 0 Å². The fraction of sp³-hybridized carbons (Fsp3) is 0.185. The van der Waals surface area contributed by atoms with E-state index in [1.165, 1.54) is 24.3 Å². The maximum atomic E-state index is 13.6. The Morgan fingerprint density at radius 3 is 1.81 bits per heavy atom. The number of aromatic nitrogens is 3. The van der Waals surface area contributed by atoms with Crippen molar-refractivity contribution in [3.8, 4) is 5.75 Å². The van der Waals surface area contributed by atoms with E-state index in [0.717, 1.165) is 24.8 Å². The van der Waals surface area contributed by atoms with Gasteiger partial charge in [0.25, 0.3) is 0 Å². The molecule has 0 aliphatic rings. The van der Waals surface area contributed by atoms with Crippen molar-refractivity contribution in [2.24, 2.45) is 0 Å². The molecule has 4 aromatic rings. The third-order valence-electron chi connectivity index (χ3n) is 5.83. The molecule has 4 rings (SSSR count). The molecular weight excluding hydrogens is 462 g/mol. The highest BCUT2D eigenvalue weighted by atomic mass is 16.5. The number of nitrogens with zero attached hydrogens (tertiary/aromatic N) is 3. The number of hydrogen-bond acceptors (Lipinski definition) is 5. The topological polar surface area (TPSA) is 113 Å². The van der Waals surface area contributed by atoms with Crippen LogP contribution in [0.3, 0.4) is 0 Å². The minimum atomic E-state index is -1.05. The molecule has 0 atom stereocenters. The second-order valence-electron chi connectivity index (χ2n) is 8.02. The van der Waals surface area contributed by atoms with E-state index in [4.69, 9.17) is 9.84 Å². The first-order valence-corrected chi connectivity index (χ1v) is 11.4. The molecule has 0 aliphatic heterocycles. The lowest BCUT2D eigenvalue weighted by Crippen LogP contribution is -2.56. The van der Waals surface area contributed by atoms with Gasteiger partial charge in [0, 0.05) is 6.54 Å². The summed E-state index contributed by atoms with van der Waals surface area (Å²) < 4.78 is 8.77. The van der Waals surface area contributed by atoms with Gasteiger partial charge in [0.2, 0.25) is 0 Å². The number of carboxylic acids is 1. The zero-order chi connectivity index (χ0) is 25.7. The largest absolute Gasteiger partial charge is 0.492 e. The molecule has 1 N–H and O–H groups in total. The first kappa shape index (κ1) is 24.5. The Morgan fingerprint density at radius 2 is 1.31 bits per heavy atom. The molecule has 0 amide bonds. The molecule has 0 radical (unpaired) electrons. The number of carbonyl (C=O) groups is 1. The standard InChI is InChI=1S/C27H25N3O6/c1-2-28-25(33)29(17-18-36-22-15-13-21(14-16-22)24(31)32)27(35)30(26(28)34)23(19-9-5-3-6-10-19)20-11-7-4-8-12-20/h3-16,23H,2,17-18H2,1H3,(H,31,32). The van der Waals surface area contributed by atoms with Gasteiger partial charge in [0.1, 0.15) is 12.4 Å². The smallest absolute Gasteiger partial charge is 0.337 e. The van der Waals surface area contributed by atoms with Gasteiger partial charge in [0.05, 0.1) is 18.2 Å². The second kappa shape index (κ2) is 10.7. The minimum Gasteiger partial charge on any atom is -0.492 e. The molecule has 0 spiro atoms. The van der Waals surface area contributed by atoms with Crippen LogP contribution >= 0.6 is 0 Å². The maximum absolute atomic E-state index is 13.6. The van der Waals surface area contributed by atoms with Crippen LogP contribution in [-0.4, -0.2) is 31.4 Å². The third kappa shape index (κ3) is 4.90. The van der Waals surface area contributed by atoms with E-state index >= 15 is 0 Å².